The Morgan fingerprint density at radius 1 is 1.67 bits per heavy atom. The number of nitrogens with zero attached hydrogens (tertiary/aromatic N) is 3. The molecule has 1 atom stereocenters. The Morgan fingerprint density at radius 3 is 3.20 bits per heavy atom. The molecule has 0 radical (unpaired) electrons. The predicted octanol–water partition coefficient (Wildman–Crippen LogP) is 0.491. The fourth-order valence-electron chi connectivity index (χ4n) is 1.92. The lowest BCUT2D eigenvalue weighted by molar-refractivity contribution is 0.0618. The van der Waals surface area contributed by atoms with Gasteiger partial charge < -0.3 is 10.6 Å². The van der Waals surface area contributed by atoms with Gasteiger partial charge in [-0.25, -0.2) is 0 Å². The standard InChI is InChI=1S/C9H14N4OS/c10-5-7-3-1-2-4-13(7)9(14)8-6-11-15-12-8/h6-7H,1-5,10H2. The van der Waals surface area contributed by atoms with E-state index in [9.17, 15) is 4.79 Å². The van der Waals surface area contributed by atoms with Crippen molar-refractivity contribution in [2.45, 2.75) is 25.3 Å². The normalized spacial score (nSPS) is 21.7. The molecule has 82 valence electrons. The maximum Gasteiger partial charge on any atom is 0.275 e. The van der Waals surface area contributed by atoms with Crippen LogP contribution in [0.2, 0.25) is 0 Å². The van der Waals surface area contributed by atoms with Gasteiger partial charge in [0, 0.05) is 19.1 Å². The van der Waals surface area contributed by atoms with E-state index in [0.717, 1.165) is 37.5 Å². The minimum Gasteiger partial charge on any atom is -0.333 e. The number of hydrogen-bond acceptors (Lipinski definition) is 5. The summed E-state index contributed by atoms with van der Waals surface area (Å²) in [6, 6.07) is 0.174. The summed E-state index contributed by atoms with van der Waals surface area (Å²) in [7, 11) is 0. The number of amides is 1. The van der Waals surface area contributed by atoms with E-state index in [2.05, 4.69) is 8.75 Å². The molecule has 1 aromatic heterocycles. The van der Waals surface area contributed by atoms with Gasteiger partial charge in [-0.2, -0.15) is 8.75 Å². The van der Waals surface area contributed by atoms with E-state index < -0.39 is 0 Å². The number of nitrogens with two attached hydrogens (primary N) is 1. The first-order valence-corrected chi connectivity index (χ1v) is 5.84. The maximum absolute atomic E-state index is 12.0. The smallest absolute Gasteiger partial charge is 0.275 e. The third kappa shape index (κ3) is 2.15. The molecule has 1 aromatic rings. The van der Waals surface area contributed by atoms with E-state index in [0.29, 0.717) is 12.2 Å². The summed E-state index contributed by atoms with van der Waals surface area (Å²) >= 11 is 1.06. The molecule has 15 heavy (non-hydrogen) atoms. The average molecular weight is 226 g/mol. The Balaban J connectivity index is 2.11. The topological polar surface area (TPSA) is 72.1 Å². The molecule has 0 aliphatic carbocycles. The molecule has 2 heterocycles. The number of rotatable bonds is 2. The van der Waals surface area contributed by atoms with Gasteiger partial charge in [-0.05, 0) is 19.3 Å². The first-order valence-electron chi connectivity index (χ1n) is 5.11. The molecule has 1 amide bonds. The van der Waals surface area contributed by atoms with Crippen LogP contribution in [0, 0.1) is 0 Å². The van der Waals surface area contributed by atoms with Crippen molar-refractivity contribution in [1.82, 2.24) is 13.6 Å². The number of aromatic nitrogens is 2. The Kier molecular flexibility index (Phi) is 3.27. The zero-order valence-electron chi connectivity index (χ0n) is 8.43. The molecule has 5 nitrogen and oxygen atoms in total. The van der Waals surface area contributed by atoms with Gasteiger partial charge in [-0.3, -0.25) is 4.79 Å². The molecule has 1 saturated heterocycles. The summed E-state index contributed by atoms with van der Waals surface area (Å²) in [5.41, 5.74) is 6.10. The molecule has 0 aromatic carbocycles. The third-order valence-corrected chi connectivity index (χ3v) is 3.22. The van der Waals surface area contributed by atoms with Crippen LogP contribution >= 0.6 is 11.7 Å². The highest BCUT2D eigenvalue weighted by atomic mass is 32.1. The van der Waals surface area contributed by atoms with Crippen molar-refractivity contribution >= 4 is 17.6 Å². The molecular formula is C9H14N4OS. The molecule has 2 N–H and O–H groups in total. The number of carbonyl (C=O) groups is 1. The van der Waals surface area contributed by atoms with E-state index in [-0.39, 0.29) is 11.9 Å². The van der Waals surface area contributed by atoms with Crippen LogP contribution < -0.4 is 5.73 Å². The summed E-state index contributed by atoms with van der Waals surface area (Å²) < 4.78 is 7.80. The molecule has 6 heteroatoms. The summed E-state index contributed by atoms with van der Waals surface area (Å²) in [5, 5.41) is 0. The van der Waals surface area contributed by atoms with E-state index in [4.69, 9.17) is 5.73 Å². The second-order valence-corrected chi connectivity index (χ2v) is 4.23. The number of piperidine rings is 1. The van der Waals surface area contributed by atoms with Gasteiger partial charge in [0.05, 0.1) is 17.9 Å². The van der Waals surface area contributed by atoms with Crippen LogP contribution in [0.4, 0.5) is 0 Å². The van der Waals surface area contributed by atoms with Crippen LogP contribution in [0.1, 0.15) is 29.8 Å². The third-order valence-electron chi connectivity index (χ3n) is 2.74. The quantitative estimate of drug-likeness (QED) is 0.796. The van der Waals surface area contributed by atoms with Gasteiger partial charge in [-0.1, -0.05) is 0 Å². The predicted molar refractivity (Wildman–Crippen MR) is 57.6 cm³/mol. The Hall–Kier alpha value is -1.01. The van der Waals surface area contributed by atoms with E-state index in [1.807, 2.05) is 4.90 Å². The molecule has 0 bridgehead atoms. The first-order chi connectivity index (χ1) is 7.33. The largest absolute Gasteiger partial charge is 0.333 e. The highest BCUT2D eigenvalue weighted by Gasteiger charge is 2.27. The van der Waals surface area contributed by atoms with Crippen LogP contribution in [0.15, 0.2) is 6.20 Å². The summed E-state index contributed by atoms with van der Waals surface area (Å²) in [6.45, 7) is 1.32. The Morgan fingerprint density at radius 2 is 2.53 bits per heavy atom. The van der Waals surface area contributed by atoms with Crippen molar-refractivity contribution in [3.8, 4) is 0 Å². The molecule has 1 unspecified atom stereocenters. The molecule has 1 aliphatic rings. The molecule has 1 aliphatic heterocycles. The van der Waals surface area contributed by atoms with Gasteiger partial charge in [0.2, 0.25) is 0 Å². The van der Waals surface area contributed by atoms with Gasteiger partial charge in [0.1, 0.15) is 0 Å². The lowest BCUT2D eigenvalue weighted by Crippen LogP contribution is -2.47. The minimum absolute atomic E-state index is 0.0288. The lowest BCUT2D eigenvalue weighted by Gasteiger charge is -2.34. The highest BCUT2D eigenvalue weighted by molar-refractivity contribution is 6.99. The number of hydrogen-bond donors (Lipinski definition) is 1. The Bertz CT molecular complexity index is 327. The summed E-state index contributed by atoms with van der Waals surface area (Å²) in [5.74, 6) is -0.0288. The Labute approximate surface area is 92.6 Å². The molecular weight excluding hydrogens is 212 g/mol. The minimum atomic E-state index is -0.0288. The zero-order chi connectivity index (χ0) is 10.7. The fourth-order valence-corrected chi connectivity index (χ4v) is 2.33. The first kappa shape index (κ1) is 10.5. The van der Waals surface area contributed by atoms with Crippen LogP contribution in [0.3, 0.4) is 0 Å². The second kappa shape index (κ2) is 4.67. The lowest BCUT2D eigenvalue weighted by atomic mass is 10.0. The van der Waals surface area contributed by atoms with Crippen molar-refractivity contribution in [2.24, 2.45) is 5.73 Å². The summed E-state index contributed by atoms with van der Waals surface area (Å²) in [4.78, 5) is 13.8. The molecule has 0 saturated carbocycles. The van der Waals surface area contributed by atoms with Crippen LogP contribution in [0.5, 0.6) is 0 Å². The van der Waals surface area contributed by atoms with Crippen molar-refractivity contribution in [1.29, 1.82) is 0 Å². The van der Waals surface area contributed by atoms with Crippen molar-refractivity contribution < 1.29 is 4.79 Å². The van der Waals surface area contributed by atoms with Crippen molar-refractivity contribution in [3.05, 3.63) is 11.9 Å². The molecule has 0 spiro atoms. The monoisotopic (exact) mass is 226 g/mol. The average Bonchev–Trinajstić information content (AvgIpc) is 2.81. The van der Waals surface area contributed by atoms with Gasteiger partial charge in [0.25, 0.3) is 5.91 Å². The SMILES string of the molecule is NCC1CCCCN1C(=O)c1cnsn1. The van der Waals surface area contributed by atoms with Crippen LogP contribution in [-0.4, -0.2) is 38.7 Å². The maximum atomic E-state index is 12.0. The fraction of sp³-hybridized carbons (Fsp3) is 0.667. The molecule has 2 rings (SSSR count). The van der Waals surface area contributed by atoms with E-state index in [1.165, 1.54) is 6.20 Å². The summed E-state index contributed by atoms with van der Waals surface area (Å²) in [6.07, 6.45) is 4.73. The van der Waals surface area contributed by atoms with E-state index >= 15 is 0 Å². The second-order valence-electron chi connectivity index (χ2n) is 3.68. The van der Waals surface area contributed by atoms with Gasteiger partial charge >= 0.3 is 0 Å². The van der Waals surface area contributed by atoms with E-state index in [1.54, 1.807) is 0 Å². The van der Waals surface area contributed by atoms with Crippen LogP contribution in [-0.2, 0) is 0 Å². The zero-order valence-corrected chi connectivity index (χ0v) is 9.24. The van der Waals surface area contributed by atoms with Crippen molar-refractivity contribution in [3.63, 3.8) is 0 Å². The number of carbonyl (C=O) groups excluding carboxylic acids is 1. The van der Waals surface area contributed by atoms with Crippen molar-refractivity contribution in [2.75, 3.05) is 13.1 Å². The van der Waals surface area contributed by atoms with Crippen LogP contribution in [0.25, 0.3) is 0 Å². The number of likely N-dealkylation sites (tertiary alicyclic amines) is 1. The van der Waals surface area contributed by atoms with Gasteiger partial charge in [-0.15, -0.1) is 0 Å². The van der Waals surface area contributed by atoms with Gasteiger partial charge in [0.15, 0.2) is 5.69 Å². The highest BCUT2D eigenvalue weighted by Crippen LogP contribution is 2.18. The molecule has 1 fully saturated rings.